The van der Waals surface area contributed by atoms with Crippen molar-refractivity contribution >= 4 is 34.1 Å². The second-order valence-corrected chi connectivity index (χ2v) is 8.23. The van der Waals surface area contributed by atoms with Crippen molar-refractivity contribution in [3.05, 3.63) is 35.9 Å². The van der Waals surface area contributed by atoms with Gasteiger partial charge < -0.3 is 20.3 Å². The number of amides is 2. The van der Waals surface area contributed by atoms with Crippen molar-refractivity contribution in [1.29, 1.82) is 0 Å². The molecule has 0 aliphatic carbocycles. The third-order valence-corrected chi connectivity index (χ3v) is 5.04. The summed E-state index contributed by atoms with van der Waals surface area (Å²) in [5.74, 6) is -0.0431. The van der Waals surface area contributed by atoms with Gasteiger partial charge in [0.25, 0.3) is 5.91 Å². The summed E-state index contributed by atoms with van der Waals surface area (Å²) in [5.41, 5.74) is 2.16. The summed E-state index contributed by atoms with van der Waals surface area (Å²) in [6.45, 7) is 7.00. The van der Waals surface area contributed by atoms with E-state index < -0.39 is 5.60 Å². The van der Waals surface area contributed by atoms with Crippen molar-refractivity contribution in [2.75, 3.05) is 23.7 Å². The van der Waals surface area contributed by atoms with Gasteiger partial charge in [0.15, 0.2) is 0 Å². The Morgan fingerprint density at radius 1 is 1.19 bits per heavy atom. The number of anilines is 2. The van der Waals surface area contributed by atoms with Gasteiger partial charge in [-0.2, -0.15) is 0 Å². The molecule has 0 bridgehead atoms. The summed E-state index contributed by atoms with van der Waals surface area (Å²) in [4.78, 5) is 26.1. The normalized spacial score (nSPS) is 17.1. The number of piperidine rings is 1. The summed E-state index contributed by atoms with van der Waals surface area (Å²) in [6.07, 6.45) is 1.48. The highest BCUT2D eigenvalue weighted by molar-refractivity contribution is 6.25. The fraction of sp³-hybridized carbons (Fsp3) is 0.429. The van der Waals surface area contributed by atoms with Crippen LogP contribution in [0.4, 0.5) is 16.2 Å². The molecular formula is C21H25N3O3. The number of carbonyl (C=O) groups is 2. The molecule has 2 heterocycles. The smallest absolute Gasteiger partial charge is 0.410 e. The fourth-order valence-electron chi connectivity index (χ4n) is 3.77. The minimum absolute atomic E-state index is 0.0431. The average molecular weight is 367 g/mol. The molecule has 6 nitrogen and oxygen atoms in total. The van der Waals surface area contributed by atoms with Crippen molar-refractivity contribution in [2.24, 2.45) is 0 Å². The molecule has 2 amide bonds. The van der Waals surface area contributed by atoms with Crippen LogP contribution in [0.5, 0.6) is 0 Å². The minimum Gasteiger partial charge on any atom is -0.444 e. The molecule has 2 aromatic carbocycles. The summed E-state index contributed by atoms with van der Waals surface area (Å²) < 4.78 is 5.46. The van der Waals surface area contributed by atoms with Gasteiger partial charge in [0.05, 0.1) is 0 Å². The van der Waals surface area contributed by atoms with Crippen LogP contribution in [0, 0.1) is 0 Å². The molecule has 0 aromatic heterocycles. The van der Waals surface area contributed by atoms with Gasteiger partial charge in [-0.25, -0.2) is 4.79 Å². The second kappa shape index (κ2) is 6.44. The van der Waals surface area contributed by atoms with Gasteiger partial charge in [-0.15, -0.1) is 0 Å². The SMILES string of the molecule is CC(C)(C)OC(=O)N1CCC(Nc2ccc3c4c(cccc24)C(=O)N3)CC1. The molecule has 2 aliphatic rings. The van der Waals surface area contributed by atoms with Crippen LogP contribution in [-0.2, 0) is 4.74 Å². The van der Waals surface area contributed by atoms with Crippen LogP contribution >= 0.6 is 0 Å². The van der Waals surface area contributed by atoms with Crippen molar-refractivity contribution in [2.45, 2.75) is 45.3 Å². The molecule has 0 atom stereocenters. The Hall–Kier alpha value is -2.76. The van der Waals surface area contributed by atoms with E-state index in [0.29, 0.717) is 13.1 Å². The van der Waals surface area contributed by atoms with E-state index in [1.54, 1.807) is 4.90 Å². The number of likely N-dealkylation sites (tertiary alicyclic amines) is 1. The number of benzene rings is 2. The van der Waals surface area contributed by atoms with E-state index >= 15 is 0 Å². The molecule has 2 N–H and O–H groups in total. The third kappa shape index (κ3) is 3.44. The summed E-state index contributed by atoms with van der Waals surface area (Å²) in [5, 5.41) is 8.56. The molecule has 0 unspecified atom stereocenters. The first-order valence-corrected chi connectivity index (χ1v) is 9.43. The molecule has 4 rings (SSSR count). The van der Waals surface area contributed by atoms with E-state index in [9.17, 15) is 9.59 Å². The van der Waals surface area contributed by atoms with Crippen LogP contribution in [0.15, 0.2) is 30.3 Å². The Balaban J connectivity index is 1.46. The van der Waals surface area contributed by atoms with Gasteiger partial charge in [0.1, 0.15) is 5.60 Å². The van der Waals surface area contributed by atoms with E-state index in [-0.39, 0.29) is 18.0 Å². The van der Waals surface area contributed by atoms with Gasteiger partial charge in [-0.1, -0.05) is 12.1 Å². The number of rotatable bonds is 2. The molecule has 1 saturated heterocycles. The highest BCUT2D eigenvalue weighted by Gasteiger charge is 2.28. The number of hydrogen-bond donors (Lipinski definition) is 2. The largest absolute Gasteiger partial charge is 0.444 e. The van der Waals surface area contributed by atoms with Crippen LogP contribution in [0.25, 0.3) is 10.8 Å². The van der Waals surface area contributed by atoms with Crippen LogP contribution in [0.1, 0.15) is 44.0 Å². The Labute approximate surface area is 158 Å². The number of ether oxygens (including phenoxy) is 1. The molecule has 2 aliphatic heterocycles. The maximum atomic E-state index is 12.2. The van der Waals surface area contributed by atoms with Crippen LogP contribution < -0.4 is 10.6 Å². The Morgan fingerprint density at radius 3 is 2.63 bits per heavy atom. The van der Waals surface area contributed by atoms with E-state index in [1.165, 1.54) is 0 Å². The summed E-state index contributed by atoms with van der Waals surface area (Å²) >= 11 is 0. The van der Waals surface area contributed by atoms with Crippen molar-refractivity contribution in [3.63, 3.8) is 0 Å². The monoisotopic (exact) mass is 367 g/mol. The first-order chi connectivity index (χ1) is 12.8. The Bertz CT molecular complexity index is 909. The fourth-order valence-corrected chi connectivity index (χ4v) is 3.77. The average Bonchev–Trinajstić information content (AvgIpc) is 2.94. The van der Waals surface area contributed by atoms with E-state index in [0.717, 1.165) is 40.6 Å². The third-order valence-electron chi connectivity index (χ3n) is 5.04. The predicted octanol–water partition coefficient (Wildman–Crippen LogP) is 4.22. The lowest BCUT2D eigenvalue weighted by atomic mass is 10.0. The van der Waals surface area contributed by atoms with Gasteiger partial charge >= 0.3 is 6.09 Å². The highest BCUT2D eigenvalue weighted by Crippen LogP contribution is 2.37. The number of carbonyl (C=O) groups excluding carboxylic acids is 2. The van der Waals surface area contributed by atoms with Crippen molar-refractivity contribution < 1.29 is 14.3 Å². The zero-order chi connectivity index (χ0) is 19.2. The van der Waals surface area contributed by atoms with E-state index in [2.05, 4.69) is 10.6 Å². The standard InChI is InChI=1S/C21H25N3O3/c1-21(2,3)27-20(26)24-11-9-13(10-12-24)22-16-7-8-17-18-14(16)5-4-6-15(18)19(25)23-17/h4-8,13,22H,9-12H2,1-3H3,(H,23,25). The lowest BCUT2D eigenvalue weighted by Crippen LogP contribution is -2.44. The molecule has 27 heavy (non-hydrogen) atoms. The zero-order valence-electron chi connectivity index (χ0n) is 16.0. The second-order valence-electron chi connectivity index (χ2n) is 8.23. The highest BCUT2D eigenvalue weighted by atomic mass is 16.6. The molecule has 6 heteroatoms. The van der Waals surface area contributed by atoms with Crippen molar-refractivity contribution in [3.8, 4) is 0 Å². The van der Waals surface area contributed by atoms with Crippen LogP contribution in [-0.4, -0.2) is 41.6 Å². The Kier molecular flexibility index (Phi) is 4.21. The van der Waals surface area contributed by atoms with E-state index in [4.69, 9.17) is 4.74 Å². The minimum atomic E-state index is -0.470. The molecule has 0 spiro atoms. The molecule has 0 saturated carbocycles. The topological polar surface area (TPSA) is 70.7 Å². The first kappa shape index (κ1) is 17.6. The molecule has 1 fully saturated rings. The van der Waals surface area contributed by atoms with Gasteiger partial charge in [0, 0.05) is 46.8 Å². The van der Waals surface area contributed by atoms with Gasteiger partial charge in [-0.3, -0.25) is 4.79 Å². The van der Waals surface area contributed by atoms with Gasteiger partial charge in [-0.05, 0) is 51.8 Å². The number of nitrogens with zero attached hydrogens (tertiary/aromatic N) is 1. The van der Waals surface area contributed by atoms with Gasteiger partial charge in [0.2, 0.25) is 0 Å². The first-order valence-electron chi connectivity index (χ1n) is 9.43. The molecule has 0 radical (unpaired) electrons. The number of hydrogen-bond acceptors (Lipinski definition) is 4. The molecule has 2 aromatic rings. The van der Waals surface area contributed by atoms with Crippen LogP contribution in [0.2, 0.25) is 0 Å². The predicted molar refractivity (Wildman–Crippen MR) is 106 cm³/mol. The quantitative estimate of drug-likeness (QED) is 0.834. The molecular weight excluding hydrogens is 342 g/mol. The summed E-state index contributed by atoms with van der Waals surface area (Å²) in [6, 6.07) is 10.1. The van der Waals surface area contributed by atoms with Crippen LogP contribution in [0.3, 0.4) is 0 Å². The lowest BCUT2D eigenvalue weighted by Gasteiger charge is -2.34. The van der Waals surface area contributed by atoms with Crippen molar-refractivity contribution in [1.82, 2.24) is 4.90 Å². The maximum Gasteiger partial charge on any atom is 0.410 e. The zero-order valence-corrected chi connectivity index (χ0v) is 16.0. The maximum absolute atomic E-state index is 12.2. The Morgan fingerprint density at radius 2 is 1.93 bits per heavy atom. The molecule has 142 valence electrons. The van der Waals surface area contributed by atoms with E-state index in [1.807, 2.05) is 51.1 Å². The summed E-state index contributed by atoms with van der Waals surface area (Å²) in [7, 11) is 0. The lowest BCUT2D eigenvalue weighted by molar-refractivity contribution is 0.0210. The number of nitrogens with one attached hydrogen (secondary N) is 2.